The highest BCUT2D eigenvalue weighted by Crippen LogP contribution is 2.41. The summed E-state index contributed by atoms with van der Waals surface area (Å²) in [4.78, 5) is 10.9. The van der Waals surface area contributed by atoms with Crippen molar-refractivity contribution in [2.24, 2.45) is 5.92 Å². The van der Waals surface area contributed by atoms with Crippen LogP contribution >= 0.6 is 15.9 Å². The molecule has 0 amide bonds. The highest BCUT2D eigenvalue weighted by molar-refractivity contribution is 9.10. The maximum absolute atomic E-state index is 12.8. The molecule has 0 fully saturated rings. The molecule has 1 heterocycles. The zero-order valence-corrected chi connectivity index (χ0v) is 10.5. The molecule has 0 unspecified atom stereocenters. The van der Waals surface area contributed by atoms with Gasteiger partial charge in [-0.3, -0.25) is 4.79 Å². The van der Waals surface area contributed by atoms with E-state index in [2.05, 4.69) is 15.9 Å². The molecule has 1 aromatic rings. The van der Waals surface area contributed by atoms with Crippen molar-refractivity contribution in [3.8, 4) is 5.75 Å². The molecule has 0 saturated heterocycles. The van der Waals surface area contributed by atoms with Crippen LogP contribution in [-0.4, -0.2) is 23.4 Å². The fourth-order valence-electron chi connectivity index (χ4n) is 1.91. The molecule has 0 spiro atoms. The Labute approximate surface area is 109 Å². The number of ether oxygens (including phenoxy) is 1. The first-order valence-corrected chi connectivity index (χ1v) is 5.83. The third-order valence-electron chi connectivity index (χ3n) is 2.74. The van der Waals surface area contributed by atoms with Crippen LogP contribution < -0.4 is 4.74 Å². The number of hydrogen-bond acceptors (Lipinski definition) is 2. The van der Waals surface area contributed by atoms with Gasteiger partial charge in [0.15, 0.2) is 0 Å². The molecule has 2 rings (SSSR count). The van der Waals surface area contributed by atoms with Gasteiger partial charge in [0.05, 0.1) is 4.47 Å². The van der Waals surface area contributed by atoms with Crippen LogP contribution in [0.25, 0.3) is 0 Å². The second-order valence-electron chi connectivity index (χ2n) is 3.96. The Kier molecular flexibility index (Phi) is 3.27. The van der Waals surface area contributed by atoms with E-state index in [1.165, 1.54) is 0 Å². The number of carbonyl (C=O) groups is 1. The first-order chi connectivity index (χ1) is 8.30. The quantitative estimate of drug-likeness (QED) is 0.863. The van der Waals surface area contributed by atoms with Gasteiger partial charge in [0.25, 0.3) is 0 Å². The molecule has 2 atom stereocenters. The van der Waals surface area contributed by atoms with Gasteiger partial charge in [-0.05, 0) is 34.0 Å². The first kappa shape index (κ1) is 13.2. The Balaban J connectivity index is 2.44. The fourth-order valence-corrected chi connectivity index (χ4v) is 2.41. The number of aliphatic carboxylic acids is 1. The molecule has 1 N–H and O–H groups in total. The summed E-state index contributed by atoms with van der Waals surface area (Å²) in [5, 5.41) is 8.88. The molecule has 1 aliphatic rings. The Morgan fingerprint density at radius 1 is 1.44 bits per heavy atom. The van der Waals surface area contributed by atoms with Gasteiger partial charge >= 0.3 is 12.1 Å². The number of halogens is 4. The summed E-state index contributed by atoms with van der Waals surface area (Å²) in [5.41, 5.74) is 0.456. The molecule has 0 bridgehead atoms. The van der Waals surface area contributed by atoms with Crippen molar-refractivity contribution in [3.63, 3.8) is 0 Å². The SMILES string of the molecule is O=C(O)[C@H]1Cc2cccc(Br)c2O[C@@H]1C(F)(F)F. The Morgan fingerprint density at radius 3 is 2.67 bits per heavy atom. The smallest absolute Gasteiger partial charge is 0.426 e. The molecule has 1 aliphatic heterocycles. The number of fused-ring (bicyclic) bond motifs is 1. The predicted octanol–water partition coefficient (Wildman–Crippen LogP) is 3.02. The van der Waals surface area contributed by atoms with Gasteiger partial charge < -0.3 is 9.84 Å². The number of carboxylic acids is 1. The fraction of sp³-hybridized carbons (Fsp3) is 0.364. The van der Waals surface area contributed by atoms with Gasteiger partial charge in [-0.1, -0.05) is 12.1 Å². The molecule has 1 aromatic carbocycles. The zero-order chi connectivity index (χ0) is 13.5. The largest absolute Gasteiger partial charge is 0.481 e. The van der Waals surface area contributed by atoms with Crippen molar-refractivity contribution >= 4 is 21.9 Å². The van der Waals surface area contributed by atoms with E-state index in [1.807, 2.05) is 0 Å². The lowest BCUT2D eigenvalue weighted by Gasteiger charge is -2.32. The van der Waals surface area contributed by atoms with Crippen LogP contribution in [-0.2, 0) is 11.2 Å². The van der Waals surface area contributed by atoms with E-state index in [9.17, 15) is 18.0 Å². The minimum absolute atomic E-state index is 0.0670. The number of carboxylic acid groups (broad SMARTS) is 1. The number of rotatable bonds is 1. The maximum atomic E-state index is 12.8. The highest BCUT2D eigenvalue weighted by Gasteiger charge is 2.52. The third-order valence-corrected chi connectivity index (χ3v) is 3.36. The van der Waals surface area contributed by atoms with E-state index in [1.54, 1.807) is 18.2 Å². The lowest BCUT2D eigenvalue weighted by Crippen LogP contribution is -2.47. The van der Waals surface area contributed by atoms with Crippen molar-refractivity contribution in [3.05, 3.63) is 28.2 Å². The standard InChI is InChI=1S/C11H8BrF3O3/c12-7-3-1-2-5-4-6(10(16)17)9(11(13,14)15)18-8(5)7/h1-3,6,9H,4H2,(H,16,17)/t6-,9-/m0/s1. The lowest BCUT2D eigenvalue weighted by atomic mass is 9.90. The Morgan fingerprint density at radius 2 is 2.11 bits per heavy atom. The van der Waals surface area contributed by atoms with Crippen molar-refractivity contribution in [2.75, 3.05) is 0 Å². The summed E-state index contributed by atoms with van der Waals surface area (Å²) in [6, 6.07) is 4.73. The van der Waals surface area contributed by atoms with Crippen molar-refractivity contribution in [1.29, 1.82) is 0 Å². The van der Waals surface area contributed by atoms with Gasteiger partial charge in [-0.25, -0.2) is 0 Å². The molecular weight excluding hydrogens is 317 g/mol. The van der Waals surface area contributed by atoms with Crippen LogP contribution in [0, 0.1) is 5.92 Å². The van der Waals surface area contributed by atoms with Crippen LogP contribution in [0.15, 0.2) is 22.7 Å². The number of para-hydroxylation sites is 1. The second kappa shape index (κ2) is 4.46. The molecule has 3 nitrogen and oxygen atoms in total. The Bertz CT molecular complexity index is 487. The average molecular weight is 325 g/mol. The molecule has 18 heavy (non-hydrogen) atoms. The first-order valence-electron chi connectivity index (χ1n) is 5.04. The second-order valence-corrected chi connectivity index (χ2v) is 4.81. The number of benzene rings is 1. The highest BCUT2D eigenvalue weighted by atomic mass is 79.9. The van der Waals surface area contributed by atoms with E-state index < -0.39 is 24.2 Å². The van der Waals surface area contributed by atoms with Crippen LogP contribution in [0.4, 0.5) is 13.2 Å². The van der Waals surface area contributed by atoms with E-state index >= 15 is 0 Å². The summed E-state index contributed by atoms with van der Waals surface area (Å²) >= 11 is 3.09. The molecule has 0 radical (unpaired) electrons. The number of hydrogen-bond donors (Lipinski definition) is 1. The number of alkyl halides is 3. The van der Waals surface area contributed by atoms with Gasteiger partial charge in [0.2, 0.25) is 6.10 Å². The van der Waals surface area contributed by atoms with Gasteiger partial charge in [-0.15, -0.1) is 0 Å². The van der Waals surface area contributed by atoms with E-state index in [-0.39, 0.29) is 12.2 Å². The Hall–Kier alpha value is -1.24. The molecule has 0 saturated carbocycles. The van der Waals surface area contributed by atoms with Gasteiger partial charge in [0, 0.05) is 0 Å². The molecule has 98 valence electrons. The van der Waals surface area contributed by atoms with E-state index in [4.69, 9.17) is 9.84 Å². The summed E-state index contributed by atoms with van der Waals surface area (Å²) in [6.07, 6.45) is -7.23. The van der Waals surface area contributed by atoms with Gasteiger partial charge in [-0.2, -0.15) is 13.2 Å². The van der Waals surface area contributed by atoms with E-state index in [0.29, 0.717) is 10.0 Å². The minimum Gasteiger partial charge on any atom is -0.481 e. The van der Waals surface area contributed by atoms with Crippen LogP contribution in [0.2, 0.25) is 0 Å². The van der Waals surface area contributed by atoms with Crippen LogP contribution in [0.3, 0.4) is 0 Å². The van der Waals surface area contributed by atoms with E-state index in [0.717, 1.165) is 0 Å². The normalized spacial score (nSPS) is 23.1. The zero-order valence-electron chi connectivity index (χ0n) is 8.87. The minimum atomic E-state index is -4.71. The molecule has 0 aromatic heterocycles. The average Bonchev–Trinajstić information content (AvgIpc) is 2.26. The summed E-state index contributed by atoms with van der Waals surface area (Å²) < 4.78 is 43.6. The summed E-state index contributed by atoms with van der Waals surface area (Å²) in [6.45, 7) is 0. The summed E-state index contributed by atoms with van der Waals surface area (Å²) in [5.74, 6) is -3.06. The van der Waals surface area contributed by atoms with Crippen molar-refractivity contribution < 1.29 is 27.8 Å². The van der Waals surface area contributed by atoms with Crippen LogP contribution in [0.1, 0.15) is 5.56 Å². The lowest BCUT2D eigenvalue weighted by molar-refractivity contribution is -0.217. The topological polar surface area (TPSA) is 46.5 Å². The maximum Gasteiger partial charge on any atom is 0.426 e. The van der Waals surface area contributed by atoms with Crippen molar-refractivity contribution in [2.45, 2.75) is 18.7 Å². The van der Waals surface area contributed by atoms with Crippen molar-refractivity contribution in [1.82, 2.24) is 0 Å². The molecule has 0 aliphatic carbocycles. The monoisotopic (exact) mass is 324 g/mol. The predicted molar refractivity (Wildman–Crippen MR) is 59.4 cm³/mol. The molecular formula is C11H8BrF3O3. The van der Waals surface area contributed by atoms with Crippen LogP contribution in [0.5, 0.6) is 5.75 Å². The van der Waals surface area contributed by atoms with Gasteiger partial charge in [0.1, 0.15) is 11.7 Å². The summed E-state index contributed by atoms with van der Waals surface area (Å²) in [7, 11) is 0. The third kappa shape index (κ3) is 2.31. The molecule has 7 heteroatoms.